The Hall–Kier alpha value is -7.98. The fraction of sp³-hybridized carbons (Fsp3) is 0.524. The lowest BCUT2D eigenvalue weighted by atomic mass is 9.84. The van der Waals surface area contributed by atoms with Crippen molar-refractivity contribution in [2.45, 2.75) is 134 Å². The molecule has 5 aliphatic rings. The number of carbonyl (C=O) groups is 10. The number of ether oxygens (including phenoxy) is 7. The monoisotopic (exact) mass is 1300 g/mol. The third-order valence-electron chi connectivity index (χ3n) is 16.6. The number of nitrogens with zero attached hydrogens (tertiary/aromatic N) is 5. The van der Waals surface area contributed by atoms with Crippen LogP contribution in [0.3, 0.4) is 0 Å². The summed E-state index contributed by atoms with van der Waals surface area (Å²) in [4.78, 5) is 139. The largest absolute Gasteiger partial charge is 0.495 e. The number of rotatable bonds is 19. The van der Waals surface area contributed by atoms with Gasteiger partial charge in [-0.1, -0.05) is 72.7 Å². The maximum absolute atomic E-state index is 14.9. The van der Waals surface area contributed by atoms with Gasteiger partial charge in [0.15, 0.2) is 5.72 Å². The highest BCUT2D eigenvalue weighted by Crippen LogP contribution is 2.49. The molecule has 0 spiro atoms. The Morgan fingerprint density at radius 3 is 2.41 bits per heavy atom. The van der Waals surface area contributed by atoms with Crippen LogP contribution in [0.5, 0.6) is 5.75 Å². The summed E-state index contributed by atoms with van der Waals surface area (Å²) < 4.78 is 40.5. The number of halogens is 1. The van der Waals surface area contributed by atoms with Gasteiger partial charge in [0, 0.05) is 98.1 Å². The van der Waals surface area contributed by atoms with E-state index in [0.717, 1.165) is 65.0 Å². The molecule has 2 aromatic rings. The molecule has 7 rings (SSSR count). The molecule has 0 aromatic heterocycles. The normalized spacial score (nSPS) is 25.6. The average Bonchev–Trinajstić information content (AvgIpc) is 1.57. The van der Waals surface area contributed by atoms with Crippen LogP contribution in [0.15, 0.2) is 78.4 Å². The Bertz CT molecular complexity index is 3220. The summed E-state index contributed by atoms with van der Waals surface area (Å²) in [7, 11) is 8.65. The number of benzene rings is 2. The molecule has 2 unspecified atom stereocenters. The second-order valence-corrected chi connectivity index (χ2v) is 24.7. The van der Waals surface area contributed by atoms with Crippen molar-refractivity contribution in [1.82, 2.24) is 30.2 Å². The van der Waals surface area contributed by atoms with E-state index in [0.29, 0.717) is 24.0 Å². The molecule has 91 heavy (non-hydrogen) atoms. The summed E-state index contributed by atoms with van der Waals surface area (Å²) >= 11 is 7.71. The van der Waals surface area contributed by atoms with E-state index < -0.39 is 113 Å². The molecule has 0 radical (unpaired) electrons. The van der Waals surface area contributed by atoms with E-state index in [-0.39, 0.29) is 79.1 Å². The number of allylic oxidation sites excluding steroid dienone is 4. The van der Waals surface area contributed by atoms with Gasteiger partial charge in [0.05, 0.1) is 30.2 Å². The number of fused-ring (bicyclic) bond motifs is 5. The predicted octanol–water partition coefficient (Wildman–Crippen LogP) is 6.66. The smallest absolute Gasteiger partial charge is 0.412 e. The highest BCUT2D eigenvalue weighted by Gasteiger charge is 2.66. The molecule has 2 fully saturated rings. The minimum absolute atomic E-state index is 0.00241. The van der Waals surface area contributed by atoms with Gasteiger partial charge in [-0.15, -0.1) is 0 Å². The number of imide groups is 1. The zero-order valence-electron chi connectivity index (χ0n) is 52.8. The molecule has 4 aliphatic heterocycles. The molecule has 4 bridgehead atoms. The molecule has 494 valence electrons. The van der Waals surface area contributed by atoms with Crippen molar-refractivity contribution < 1.29 is 86.2 Å². The van der Waals surface area contributed by atoms with E-state index in [9.17, 15) is 53.1 Å². The lowest BCUT2D eigenvalue weighted by Crippen LogP contribution is -2.63. The Balaban J connectivity index is 0.932. The number of esters is 1. The Labute approximate surface area is 537 Å². The molecule has 4 N–H and O–H groups in total. The molecule has 2 saturated heterocycles. The number of anilines is 2. The summed E-state index contributed by atoms with van der Waals surface area (Å²) in [6.45, 7) is 6.19. The van der Waals surface area contributed by atoms with Gasteiger partial charge in [-0.2, -0.15) is 0 Å². The summed E-state index contributed by atoms with van der Waals surface area (Å²) in [6, 6.07) is 6.61. The van der Waals surface area contributed by atoms with Gasteiger partial charge >= 0.3 is 24.2 Å². The topological polar surface area (TPSA) is 311 Å². The van der Waals surface area contributed by atoms with Crippen LogP contribution in [0.2, 0.25) is 5.02 Å². The van der Waals surface area contributed by atoms with Gasteiger partial charge in [-0.05, 0) is 94.3 Å². The van der Waals surface area contributed by atoms with Crippen molar-refractivity contribution in [3.63, 3.8) is 0 Å². The third-order valence-corrected chi connectivity index (χ3v) is 17.9. The average molecular weight is 1310 g/mol. The maximum atomic E-state index is 14.9. The van der Waals surface area contributed by atoms with Crippen LogP contribution >= 0.6 is 23.4 Å². The highest BCUT2D eigenvalue weighted by atomic mass is 35.5. The number of hydrogen-bond donors (Lipinski definition) is 4. The Morgan fingerprint density at radius 1 is 0.967 bits per heavy atom. The number of carbonyl (C=O) groups excluding carboxylic acids is 10. The molecule has 0 saturated carbocycles. The molecule has 2 aromatic carbocycles. The summed E-state index contributed by atoms with van der Waals surface area (Å²) in [6.07, 6.45) is 8.21. The van der Waals surface area contributed by atoms with Crippen LogP contribution in [0, 0.1) is 5.92 Å². The summed E-state index contributed by atoms with van der Waals surface area (Å²) in [5.41, 5.74) is -1.20. The SMILES string of the molecule is COc1cc2cc(c1Cl)N(C)C(=O)[C@H](OC(=O)[C@H](C)N(C)C(=O)CCSC(=O)N(C)CCN(C)C(=O)OCc1ccc(NC(=O)OC3/C=C/CCCCC3)c(C(=O)NCCN3C(=O)C=CC3=O)c1)[C@]1(C)OC1[C@H](C)[C@@H]1C[C@@](O)(NC(=O)O1)[C@H](OC)/C=C/C=C(\C)C2. The fourth-order valence-corrected chi connectivity index (χ4v) is 11.9. The van der Waals surface area contributed by atoms with Crippen molar-refractivity contribution >= 4 is 93.8 Å². The van der Waals surface area contributed by atoms with Gasteiger partial charge in [-0.25, -0.2) is 19.2 Å². The first-order valence-electron chi connectivity index (χ1n) is 29.9. The first-order valence-corrected chi connectivity index (χ1v) is 31.2. The molecular weight excluding hydrogens is 1220 g/mol. The van der Waals surface area contributed by atoms with E-state index >= 15 is 0 Å². The fourth-order valence-electron chi connectivity index (χ4n) is 10.8. The van der Waals surface area contributed by atoms with Crippen LogP contribution < -0.4 is 25.6 Å². The van der Waals surface area contributed by atoms with Crippen molar-refractivity contribution in [2.24, 2.45) is 5.92 Å². The number of alkyl carbamates (subject to hydrolysis) is 1. The van der Waals surface area contributed by atoms with E-state index in [2.05, 4.69) is 16.0 Å². The van der Waals surface area contributed by atoms with Gasteiger partial charge in [0.2, 0.25) is 12.0 Å². The maximum Gasteiger partial charge on any atom is 0.412 e. The van der Waals surface area contributed by atoms with E-state index in [1.165, 1.54) is 76.2 Å². The van der Waals surface area contributed by atoms with Gasteiger partial charge in [-0.3, -0.25) is 44.3 Å². The summed E-state index contributed by atoms with van der Waals surface area (Å²) in [5.74, 6) is -4.35. The number of methoxy groups -OCH3 is 2. The first-order chi connectivity index (χ1) is 43.2. The standard InChI is InChI=1S/C63H81ClN8O18S/c1-37-17-16-20-48(85-10)63(83)35-47(88-59(80)67-63)38(2)53-62(4,90-53)54(56(77)71(8)45-33-41(31-37)34-46(84-9)52(45)64)89-57(78)39(3)70(7)49(73)25-30-91-61(82)69(6)29-28-68(5)60(81)86-36-40-21-22-44(66-58(79)87-42-18-14-12-11-13-15-19-42)43(32-40)55(76)65-26-27-72-50(74)23-24-51(72)75/h14,16-18,20-24,32-34,38-39,42,47-48,53-54,83H,11-13,15,19,25-31,35-36H2,1-10H3,(H,65,76)(H,66,79)(H,67,80)/b18-14+,20-16+,37-17+/t38-,39+,42?,47+,48-,53?,54+,62-,63+/m1/s1. The van der Waals surface area contributed by atoms with Crippen LogP contribution in [-0.2, 0) is 65.4 Å². The molecular formula is C63H81ClN8O18S. The van der Waals surface area contributed by atoms with E-state index in [1.54, 1.807) is 44.2 Å². The van der Waals surface area contributed by atoms with Crippen LogP contribution in [0.4, 0.5) is 30.6 Å². The second-order valence-electron chi connectivity index (χ2n) is 23.2. The molecule has 28 heteroatoms. The number of nitrogens with one attached hydrogen (secondary N) is 3. The van der Waals surface area contributed by atoms with Gasteiger partial charge < -0.3 is 63.2 Å². The second kappa shape index (κ2) is 31.4. The van der Waals surface area contributed by atoms with Crippen molar-refractivity contribution in [3.05, 3.63) is 100 Å². The number of epoxide rings is 1. The number of aliphatic hydroxyl groups is 1. The van der Waals surface area contributed by atoms with Crippen LogP contribution in [0.25, 0.3) is 0 Å². The molecule has 9 amide bonds. The third kappa shape index (κ3) is 18.0. The van der Waals surface area contributed by atoms with Crippen molar-refractivity contribution in [2.75, 3.05) is 84.6 Å². The zero-order chi connectivity index (χ0) is 66.5. The lowest BCUT2D eigenvalue weighted by molar-refractivity contribution is -0.165. The quantitative estimate of drug-likeness (QED) is 0.0375. The van der Waals surface area contributed by atoms with Crippen molar-refractivity contribution in [3.8, 4) is 5.75 Å². The van der Waals surface area contributed by atoms with Crippen LogP contribution in [0.1, 0.15) is 94.1 Å². The van der Waals surface area contributed by atoms with Gasteiger partial charge in [0.25, 0.3) is 28.9 Å². The molecule has 9 atom stereocenters. The number of hydrogen-bond acceptors (Lipinski definition) is 19. The number of amides is 9. The first kappa shape index (κ1) is 70.5. The summed E-state index contributed by atoms with van der Waals surface area (Å²) in [5, 5.41) is 19.3. The van der Waals surface area contributed by atoms with E-state index in [1.807, 2.05) is 25.2 Å². The highest BCUT2D eigenvalue weighted by molar-refractivity contribution is 8.13. The molecule has 1 aliphatic carbocycles. The number of thioether (sulfide) groups is 1. The minimum atomic E-state index is -1.92. The Kier molecular flexibility index (Phi) is 24.3. The van der Waals surface area contributed by atoms with Gasteiger partial charge in [0.1, 0.15) is 47.3 Å². The van der Waals surface area contributed by atoms with Crippen LogP contribution in [-0.4, -0.2) is 206 Å². The number of likely N-dealkylation sites (N-methyl/N-ethyl adjacent to an activating group) is 4. The van der Waals surface area contributed by atoms with Crippen molar-refractivity contribution in [1.29, 1.82) is 0 Å². The predicted molar refractivity (Wildman–Crippen MR) is 335 cm³/mol. The van der Waals surface area contributed by atoms with E-state index in [4.69, 9.17) is 44.8 Å². The lowest BCUT2D eigenvalue weighted by Gasteiger charge is -2.42. The molecule has 26 nitrogen and oxygen atoms in total. The Morgan fingerprint density at radius 2 is 1.69 bits per heavy atom. The zero-order valence-corrected chi connectivity index (χ0v) is 54.4. The molecule has 4 heterocycles. The minimum Gasteiger partial charge on any atom is -0.495 e.